The molecular formula is C36H40N2O6. The SMILES string of the molecule is COc1cc2c(cc1O)[C@@H](Cc1ccc(Oc3c(OC)cc4c(c3O)[C@H](Cc3ccc(O)cc3)N(C)CC4)cc1)N(C)CC2. The van der Waals surface area contributed by atoms with Gasteiger partial charge in [0.2, 0.25) is 5.75 Å². The van der Waals surface area contributed by atoms with Crippen molar-refractivity contribution in [3.63, 3.8) is 0 Å². The molecule has 0 aromatic heterocycles. The van der Waals surface area contributed by atoms with Gasteiger partial charge in [-0.2, -0.15) is 0 Å². The van der Waals surface area contributed by atoms with Gasteiger partial charge in [-0.05, 0) is 110 Å². The molecule has 0 fully saturated rings. The molecule has 0 radical (unpaired) electrons. The summed E-state index contributed by atoms with van der Waals surface area (Å²) >= 11 is 0. The number of ether oxygens (including phenoxy) is 3. The lowest BCUT2D eigenvalue weighted by atomic mass is 9.87. The summed E-state index contributed by atoms with van der Waals surface area (Å²) in [5.41, 5.74) is 6.42. The summed E-state index contributed by atoms with van der Waals surface area (Å²) in [6.45, 7) is 1.78. The molecule has 6 rings (SSSR count). The van der Waals surface area contributed by atoms with E-state index in [0.29, 0.717) is 29.4 Å². The number of phenolic OH excluding ortho intramolecular Hbond substituents is 3. The second kappa shape index (κ2) is 12.3. The van der Waals surface area contributed by atoms with Crippen molar-refractivity contribution in [1.82, 2.24) is 9.80 Å². The molecule has 3 N–H and O–H groups in total. The zero-order valence-corrected chi connectivity index (χ0v) is 25.7. The van der Waals surface area contributed by atoms with E-state index < -0.39 is 0 Å². The van der Waals surface area contributed by atoms with Gasteiger partial charge in [-0.15, -0.1) is 0 Å². The Balaban J connectivity index is 1.25. The highest BCUT2D eigenvalue weighted by Crippen LogP contribution is 2.49. The third-order valence-electron chi connectivity index (χ3n) is 9.17. The van der Waals surface area contributed by atoms with Crippen LogP contribution in [-0.4, -0.2) is 66.5 Å². The number of phenols is 3. The minimum absolute atomic E-state index is 0.0614. The first-order valence-corrected chi connectivity index (χ1v) is 15.0. The van der Waals surface area contributed by atoms with Crippen molar-refractivity contribution in [3.8, 4) is 40.2 Å². The van der Waals surface area contributed by atoms with Gasteiger partial charge in [0.1, 0.15) is 11.5 Å². The summed E-state index contributed by atoms with van der Waals surface area (Å²) in [4.78, 5) is 4.57. The third kappa shape index (κ3) is 5.75. The molecule has 0 spiro atoms. The fourth-order valence-corrected chi connectivity index (χ4v) is 6.62. The minimum Gasteiger partial charge on any atom is -0.508 e. The quantitative estimate of drug-likeness (QED) is 0.223. The number of rotatable bonds is 8. The lowest BCUT2D eigenvalue weighted by molar-refractivity contribution is 0.221. The van der Waals surface area contributed by atoms with Crippen molar-refractivity contribution in [2.45, 2.75) is 37.8 Å². The Morgan fingerprint density at radius 3 is 1.93 bits per heavy atom. The zero-order valence-electron chi connectivity index (χ0n) is 25.7. The van der Waals surface area contributed by atoms with Gasteiger partial charge in [-0.1, -0.05) is 24.3 Å². The number of likely N-dealkylation sites (N-methyl/N-ethyl adjacent to an activating group) is 2. The molecule has 4 aromatic carbocycles. The van der Waals surface area contributed by atoms with E-state index in [0.717, 1.165) is 60.2 Å². The normalized spacial score (nSPS) is 18.4. The second-order valence-electron chi connectivity index (χ2n) is 11.9. The van der Waals surface area contributed by atoms with Crippen LogP contribution in [0.15, 0.2) is 66.7 Å². The fourth-order valence-electron chi connectivity index (χ4n) is 6.62. The van der Waals surface area contributed by atoms with E-state index >= 15 is 0 Å². The highest BCUT2D eigenvalue weighted by Gasteiger charge is 2.32. The number of methoxy groups -OCH3 is 2. The van der Waals surface area contributed by atoms with Crippen LogP contribution in [0.2, 0.25) is 0 Å². The van der Waals surface area contributed by atoms with Crippen molar-refractivity contribution < 1.29 is 29.5 Å². The molecule has 44 heavy (non-hydrogen) atoms. The maximum atomic E-state index is 11.7. The van der Waals surface area contributed by atoms with Crippen LogP contribution in [0.5, 0.6) is 40.2 Å². The zero-order chi connectivity index (χ0) is 31.0. The van der Waals surface area contributed by atoms with Gasteiger partial charge >= 0.3 is 0 Å². The van der Waals surface area contributed by atoms with Gasteiger partial charge in [-0.25, -0.2) is 0 Å². The summed E-state index contributed by atoms with van der Waals surface area (Å²) in [6.07, 6.45) is 3.15. The Hall–Kier alpha value is -4.40. The molecular weight excluding hydrogens is 556 g/mol. The van der Waals surface area contributed by atoms with E-state index in [2.05, 4.69) is 23.9 Å². The van der Waals surface area contributed by atoms with Crippen LogP contribution in [-0.2, 0) is 25.7 Å². The Bertz CT molecular complexity index is 1640. The van der Waals surface area contributed by atoms with Gasteiger partial charge < -0.3 is 29.5 Å². The molecule has 0 amide bonds. The predicted molar refractivity (Wildman–Crippen MR) is 169 cm³/mol. The maximum absolute atomic E-state index is 11.7. The summed E-state index contributed by atoms with van der Waals surface area (Å²) in [5.74, 6) is 2.38. The molecule has 2 atom stereocenters. The molecule has 4 aromatic rings. The van der Waals surface area contributed by atoms with Crippen LogP contribution in [0, 0.1) is 0 Å². The van der Waals surface area contributed by atoms with Crippen LogP contribution < -0.4 is 14.2 Å². The topological polar surface area (TPSA) is 94.9 Å². The molecule has 8 nitrogen and oxygen atoms in total. The van der Waals surface area contributed by atoms with E-state index in [1.54, 1.807) is 26.4 Å². The van der Waals surface area contributed by atoms with Crippen molar-refractivity contribution in [1.29, 1.82) is 0 Å². The van der Waals surface area contributed by atoms with E-state index in [9.17, 15) is 15.3 Å². The van der Waals surface area contributed by atoms with Crippen LogP contribution in [0.4, 0.5) is 0 Å². The van der Waals surface area contributed by atoms with Crippen LogP contribution >= 0.6 is 0 Å². The largest absolute Gasteiger partial charge is 0.508 e. The molecule has 0 unspecified atom stereocenters. The predicted octanol–water partition coefficient (Wildman–Crippen LogP) is 6.16. The Morgan fingerprint density at radius 1 is 0.705 bits per heavy atom. The highest BCUT2D eigenvalue weighted by molar-refractivity contribution is 5.61. The number of aromatic hydroxyl groups is 3. The molecule has 0 saturated carbocycles. The summed E-state index contributed by atoms with van der Waals surface area (Å²) in [6, 6.07) is 21.0. The number of benzene rings is 4. The van der Waals surface area contributed by atoms with Gasteiger partial charge in [0.25, 0.3) is 0 Å². The number of fused-ring (bicyclic) bond motifs is 2. The maximum Gasteiger partial charge on any atom is 0.211 e. The summed E-state index contributed by atoms with van der Waals surface area (Å²) in [5, 5.41) is 31.9. The van der Waals surface area contributed by atoms with Crippen molar-refractivity contribution in [3.05, 3.63) is 100 Å². The Kier molecular flexibility index (Phi) is 8.29. The number of hydrogen-bond donors (Lipinski definition) is 3. The van der Waals surface area contributed by atoms with E-state index in [1.165, 1.54) is 5.56 Å². The molecule has 8 heteroatoms. The average Bonchev–Trinajstić information content (AvgIpc) is 3.02. The molecule has 2 aliphatic heterocycles. The van der Waals surface area contributed by atoms with Gasteiger partial charge in [0, 0.05) is 30.7 Å². The van der Waals surface area contributed by atoms with Gasteiger partial charge in [0.15, 0.2) is 23.0 Å². The Labute approximate surface area is 258 Å². The van der Waals surface area contributed by atoms with Crippen LogP contribution in [0.1, 0.15) is 45.5 Å². The monoisotopic (exact) mass is 596 g/mol. The molecule has 0 aliphatic carbocycles. The van der Waals surface area contributed by atoms with Crippen LogP contribution in [0.25, 0.3) is 0 Å². The smallest absolute Gasteiger partial charge is 0.211 e. The lowest BCUT2D eigenvalue weighted by Crippen LogP contribution is -2.33. The molecule has 0 saturated heterocycles. The molecule has 230 valence electrons. The van der Waals surface area contributed by atoms with Crippen molar-refractivity contribution >= 4 is 0 Å². The first kappa shape index (κ1) is 29.7. The van der Waals surface area contributed by atoms with Crippen molar-refractivity contribution in [2.24, 2.45) is 0 Å². The Morgan fingerprint density at radius 2 is 1.27 bits per heavy atom. The fraction of sp³-hybridized carbons (Fsp3) is 0.333. The van der Waals surface area contributed by atoms with E-state index in [4.69, 9.17) is 14.2 Å². The first-order chi connectivity index (χ1) is 21.2. The number of nitrogens with zero attached hydrogens (tertiary/aromatic N) is 2. The summed E-state index contributed by atoms with van der Waals surface area (Å²) in [7, 11) is 7.35. The molecule has 2 aliphatic rings. The van der Waals surface area contributed by atoms with Gasteiger partial charge in [0.05, 0.1) is 14.2 Å². The molecule has 2 heterocycles. The second-order valence-corrected chi connectivity index (χ2v) is 11.9. The van der Waals surface area contributed by atoms with Gasteiger partial charge in [-0.3, -0.25) is 9.80 Å². The van der Waals surface area contributed by atoms with Crippen molar-refractivity contribution in [2.75, 3.05) is 41.4 Å². The van der Waals surface area contributed by atoms with Crippen LogP contribution in [0.3, 0.4) is 0 Å². The number of hydrogen-bond acceptors (Lipinski definition) is 8. The van der Waals surface area contributed by atoms with E-state index in [-0.39, 0.29) is 29.3 Å². The average molecular weight is 597 g/mol. The first-order valence-electron chi connectivity index (χ1n) is 15.0. The minimum atomic E-state index is -0.0614. The van der Waals surface area contributed by atoms with E-state index in [1.807, 2.05) is 54.6 Å². The third-order valence-corrected chi connectivity index (χ3v) is 9.17. The molecule has 0 bridgehead atoms. The summed E-state index contributed by atoms with van der Waals surface area (Å²) < 4.78 is 17.4. The standard InChI is InChI=1S/C36H40N2O6/c1-37-15-13-24-19-32(42-3)31(40)21-28(24)29(37)17-23-7-11-27(12-8-23)44-36-33(43-4)20-25-14-16-38(2)30(34(25)35(36)41)18-22-5-9-26(39)10-6-22/h5-12,19-21,29-30,39-41H,13-18H2,1-4H3/t29-,30+/m1/s1. The lowest BCUT2D eigenvalue weighted by Gasteiger charge is -2.36. The highest BCUT2D eigenvalue weighted by atomic mass is 16.5.